The van der Waals surface area contributed by atoms with Crippen molar-refractivity contribution in [3.63, 3.8) is 0 Å². The van der Waals surface area contributed by atoms with E-state index in [1.165, 1.54) is 15.1 Å². The standard InChI is InChI=1S/C13H9PS5/c15-13-18-14(16,19-13)10-6-8-12(9-7-10)17-11-4-2-1-3-5-11/h1-9H. The average molecular weight is 357 g/mol. The van der Waals surface area contributed by atoms with Gasteiger partial charge in [-0.2, -0.15) is 0 Å². The molecule has 6 heteroatoms. The molecule has 0 unspecified atom stereocenters. The summed E-state index contributed by atoms with van der Waals surface area (Å²) in [5.74, 6) is 0. The van der Waals surface area contributed by atoms with Crippen molar-refractivity contribution in [3.05, 3.63) is 54.6 Å². The molecule has 2 aromatic rings. The Balaban J connectivity index is 1.76. The van der Waals surface area contributed by atoms with Gasteiger partial charge in [0, 0.05) is 15.1 Å². The minimum Gasteiger partial charge on any atom is -0.0901 e. The lowest BCUT2D eigenvalue weighted by molar-refractivity contribution is 1.42. The zero-order valence-corrected chi connectivity index (χ0v) is 14.7. The normalized spacial score (nSPS) is 16.9. The third-order valence-corrected chi connectivity index (χ3v) is 14.8. The van der Waals surface area contributed by atoms with Gasteiger partial charge in [-0.25, -0.2) is 0 Å². The van der Waals surface area contributed by atoms with Crippen molar-refractivity contribution in [1.82, 2.24) is 0 Å². The minimum atomic E-state index is -1.49. The molecule has 0 radical (unpaired) electrons. The fraction of sp³-hybridized carbons (Fsp3) is 0. The molecule has 0 N–H and O–H groups in total. The molecule has 1 saturated heterocycles. The molecule has 0 aliphatic carbocycles. The molecule has 0 bridgehead atoms. The van der Waals surface area contributed by atoms with E-state index in [-0.39, 0.29) is 0 Å². The van der Waals surface area contributed by atoms with Crippen LogP contribution in [0.25, 0.3) is 0 Å². The third kappa shape index (κ3) is 3.29. The second-order valence-electron chi connectivity index (χ2n) is 3.84. The first-order valence-electron chi connectivity index (χ1n) is 5.52. The van der Waals surface area contributed by atoms with Crippen LogP contribution in [0.4, 0.5) is 0 Å². The van der Waals surface area contributed by atoms with E-state index in [9.17, 15) is 0 Å². The van der Waals surface area contributed by atoms with Crippen LogP contribution in [0.2, 0.25) is 0 Å². The molecule has 1 aliphatic heterocycles. The maximum atomic E-state index is 5.69. The molecule has 96 valence electrons. The first-order chi connectivity index (χ1) is 9.16. The van der Waals surface area contributed by atoms with Crippen molar-refractivity contribution in [2.45, 2.75) is 9.79 Å². The maximum absolute atomic E-state index is 5.69. The maximum Gasteiger partial charge on any atom is 0.116 e. The second kappa shape index (κ2) is 5.92. The lowest BCUT2D eigenvalue weighted by Gasteiger charge is -2.29. The summed E-state index contributed by atoms with van der Waals surface area (Å²) in [5.41, 5.74) is 0. The zero-order valence-electron chi connectivity index (χ0n) is 9.68. The van der Waals surface area contributed by atoms with Crippen LogP contribution in [0.5, 0.6) is 0 Å². The van der Waals surface area contributed by atoms with Crippen molar-refractivity contribution in [2.24, 2.45) is 0 Å². The zero-order chi connectivity index (χ0) is 13.3. The smallest absolute Gasteiger partial charge is 0.0901 e. The van der Waals surface area contributed by atoms with Gasteiger partial charge in [0.15, 0.2) is 0 Å². The SMILES string of the molecule is S=C1SP(=S)(c2ccc(Sc3ccccc3)cc2)S1. The van der Waals surface area contributed by atoms with Gasteiger partial charge in [-0.3, -0.25) is 0 Å². The summed E-state index contributed by atoms with van der Waals surface area (Å²) in [6, 6.07) is 19.0. The van der Waals surface area contributed by atoms with E-state index in [4.69, 9.17) is 24.0 Å². The van der Waals surface area contributed by atoms with Crippen LogP contribution in [-0.4, -0.2) is 3.53 Å². The van der Waals surface area contributed by atoms with Gasteiger partial charge in [0.2, 0.25) is 0 Å². The van der Waals surface area contributed by atoms with Crippen LogP contribution < -0.4 is 5.30 Å². The highest BCUT2D eigenvalue weighted by Gasteiger charge is 2.34. The number of thiocarbonyl (C=S) groups is 1. The molecule has 0 atom stereocenters. The molecule has 1 aliphatic rings. The number of benzene rings is 2. The molecular weight excluding hydrogens is 347 g/mol. The number of rotatable bonds is 3. The predicted molar refractivity (Wildman–Crippen MR) is 98.7 cm³/mol. The van der Waals surface area contributed by atoms with E-state index >= 15 is 0 Å². The Bertz CT molecular complexity index is 638. The molecule has 2 aromatic carbocycles. The Morgan fingerprint density at radius 3 is 2.00 bits per heavy atom. The molecule has 19 heavy (non-hydrogen) atoms. The molecular formula is C13H9PS5. The van der Waals surface area contributed by atoms with E-state index < -0.39 is 4.44 Å². The van der Waals surface area contributed by atoms with Gasteiger partial charge >= 0.3 is 0 Å². The van der Waals surface area contributed by atoms with Crippen molar-refractivity contribution in [3.8, 4) is 0 Å². The molecule has 0 amide bonds. The Labute approximate surface area is 135 Å². The topological polar surface area (TPSA) is 0 Å². The first-order valence-corrected chi connectivity index (χ1v) is 12.4. The van der Waals surface area contributed by atoms with E-state index in [1.807, 2.05) is 6.07 Å². The summed E-state index contributed by atoms with van der Waals surface area (Å²) in [5, 5.41) is 1.27. The van der Waals surface area contributed by atoms with E-state index in [0.29, 0.717) is 0 Å². The second-order valence-corrected chi connectivity index (χ2v) is 17.0. The summed E-state index contributed by atoms with van der Waals surface area (Å²) in [4.78, 5) is 2.50. The van der Waals surface area contributed by atoms with E-state index in [1.54, 1.807) is 34.5 Å². The third-order valence-electron chi connectivity index (χ3n) is 2.52. The van der Waals surface area contributed by atoms with Crippen LogP contribution in [0, 0.1) is 0 Å². The van der Waals surface area contributed by atoms with Crippen LogP contribution in [0.15, 0.2) is 64.4 Å². The lowest BCUT2D eigenvalue weighted by Crippen LogP contribution is -2.06. The summed E-state index contributed by atoms with van der Waals surface area (Å²) < 4.78 is -0.496. The van der Waals surface area contributed by atoms with Gasteiger partial charge in [-0.05, 0) is 24.3 Å². The molecule has 1 heterocycles. The van der Waals surface area contributed by atoms with Crippen molar-refractivity contribution < 1.29 is 0 Å². The van der Waals surface area contributed by atoms with Gasteiger partial charge in [0.25, 0.3) is 0 Å². The van der Waals surface area contributed by atoms with Gasteiger partial charge in [-0.1, -0.05) is 88.9 Å². The fourth-order valence-corrected chi connectivity index (χ4v) is 15.1. The van der Waals surface area contributed by atoms with Crippen molar-refractivity contribution >= 4 is 71.8 Å². The highest BCUT2D eigenvalue weighted by molar-refractivity contribution is 9.21. The van der Waals surface area contributed by atoms with Gasteiger partial charge < -0.3 is 0 Å². The van der Waals surface area contributed by atoms with Gasteiger partial charge in [-0.15, -0.1) is 0 Å². The van der Waals surface area contributed by atoms with Crippen LogP contribution >= 0.6 is 51.2 Å². The Morgan fingerprint density at radius 2 is 1.42 bits per heavy atom. The van der Waals surface area contributed by atoms with Gasteiger partial charge in [0.05, 0.1) is 4.44 Å². The number of hydrogen-bond acceptors (Lipinski definition) is 5. The Kier molecular flexibility index (Phi) is 4.42. The van der Waals surface area contributed by atoms with Gasteiger partial charge in [0.1, 0.15) is 3.53 Å². The van der Waals surface area contributed by atoms with Crippen LogP contribution in [0.3, 0.4) is 0 Å². The summed E-state index contributed by atoms with van der Waals surface area (Å²) in [6.07, 6.45) is 0. The Hall–Kier alpha value is 0.230. The summed E-state index contributed by atoms with van der Waals surface area (Å²) in [6.45, 7) is 0. The van der Waals surface area contributed by atoms with Crippen LogP contribution in [0.1, 0.15) is 0 Å². The summed E-state index contributed by atoms with van der Waals surface area (Å²) >= 11 is 16.0. The largest absolute Gasteiger partial charge is 0.116 e. The van der Waals surface area contributed by atoms with E-state index in [2.05, 4.69) is 48.5 Å². The first kappa shape index (κ1) is 14.2. The van der Waals surface area contributed by atoms with Crippen molar-refractivity contribution in [1.29, 1.82) is 0 Å². The lowest BCUT2D eigenvalue weighted by atomic mass is 10.4. The summed E-state index contributed by atoms with van der Waals surface area (Å²) in [7, 11) is 0. The Morgan fingerprint density at radius 1 is 0.842 bits per heavy atom. The average Bonchev–Trinajstić information content (AvgIpc) is 2.39. The monoisotopic (exact) mass is 356 g/mol. The predicted octanol–water partition coefficient (Wildman–Crippen LogP) is 5.54. The number of hydrogen-bond donors (Lipinski definition) is 0. The molecule has 1 fully saturated rings. The minimum absolute atomic E-state index is 0.992. The molecule has 0 nitrogen and oxygen atoms in total. The quantitative estimate of drug-likeness (QED) is 0.522. The van der Waals surface area contributed by atoms with E-state index in [0.717, 1.165) is 3.53 Å². The molecule has 3 rings (SSSR count). The molecule has 0 aromatic heterocycles. The highest BCUT2D eigenvalue weighted by atomic mass is 33.3. The van der Waals surface area contributed by atoms with Crippen LogP contribution in [-0.2, 0) is 11.8 Å². The molecule has 0 spiro atoms. The molecule has 0 saturated carbocycles. The highest BCUT2D eigenvalue weighted by Crippen LogP contribution is 2.80. The van der Waals surface area contributed by atoms with Crippen molar-refractivity contribution in [2.75, 3.05) is 0 Å². The fourth-order valence-electron chi connectivity index (χ4n) is 1.63.